The summed E-state index contributed by atoms with van der Waals surface area (Å²) in [5, 5.41) is 2.95. The summed E-state index contributed by atoms with van der Waals surface area (Å²) in [5.74, 6) is 0.724. The predicted molar refractivity (Wildman–Crippen MR) is 79.1 cm³/mol. The molecule has 102 valence electrons. The number of hydrogen-bond donors (Lipinski definition) is 1. The normalized spacial score (nSPS) is 16.4. The van der Waals surface area contributed by atoms with E-state index in [4.69, 9.17) is 4.74 Å². The predicted octanol–water partition coefficient (Wildman–Crippen LogP) is 3.25. The molecule has 20 heavy (non-hydrogen) atoms. The van der Waals surface area contributed by atoms with Gasteiger partial charge in [-0.2, -0.15) is 0 Å². The van der Waals surface area contributed by atoms with E-state index in [1.165, 1.54) is 5.56 Å². The summed E-state index contributed by atoms with van der Waals surface area (Å²) < 4.78 is 5.69. The zero-order valence-corrected chi connectivity index (χ0v) is 11.6. The van der Waals surface area contributed by atoms with Crippen LogP contribution in [0, 0.1) is 13.8 Å². The third-order valence-electron chi connectivity index (χ3n) is 3.58. The van der Waals surface area contributed by atoms with Gasteiger partial charge in [0.15, 0.2) is 6.10 Å². The van der Waals surface area contributed by atoms with Crippen molar-refractivity contribution in [1.82, 2.24) is 0 Å². The Morgan fingerprint density at radius 3 is 2.75 bits per heavy atom. The summed E-state index contributed by atoms with van der Waals surface area (Å²) >= 11 is 0. The van der Waals surface area contributed by atoms with Crippen LogP contribution in [0.15, 0.2) is 42.5 Å². The van der Waals surface area contributed by atoms with E-state index < -0.39 is 6.10 Å². The van der Waals surface area contributed by atoms with Crippen LogP contribution in [0.4, 0.5) is 5.69 Å². The molecule has 0 bridgehead atoms. The standard InChI is InChI=1S/C17H17NO2/c1-11-7-8-14(12(2)9-11)18-17(19)16-10-13-5-3-4-6-15(13)20-16/h3-9,16H,10H2,1-2H3,(H,18,19). The number of amides is 1. The van der Waals surface area contributed by atoms with Gasteiger partial charge in [-0.3, -0.25) is 4.79 Å². The van der Waals surface area contributed by atoms with E-state index >= 15 is 0 Å². The molecule has 1 aliphatic rings. The summed E-state index contributed by atoms with van der Waals surface area (Å²) in [5.41, 5.74) is 4.19. The average Bonchev–Trinajstić information content (AvgIpc) is 2.86. The smallest absolute Gasteiger partial charge is 0.265 e. The van der Waals surface area contributed by atoms with Gasteiger partial charge in [-0.25, -0.2) is 0 Å². The Bertz CT molecular complexity index is 639. The van der Waals surface area contributed by atoms with Crippen molar-refractivity contribution < 1.29 is 9.53 Å². The second kappa shape index (κ2) is 5.00. The van der Waals surface area contributed by atoms with Gasteiger partial charge in [0.2, 0.25) is 0 Å². The minimum Gasteiger partial charge on any atom is -0.480 e. The van der Waals surface area contributed by atoms with Crippen LogP contribution in [0.3, 0.4) is 0 Å². The lowest BCUT2D eigenvalue weighted by molar-refractivity contribution is -0.122. The van der Waals surface area contributed by atoms with Gasteiger partial charge >= 0.3 is 0 Å². The van der Waals surface area contributed by atoms with Gasteiger partial charge < -0.3 is 10.1 Å². The Morgan fingerprint density at radius 2 is 2.00 bits per heavy atom. The number of nitrogens with one attached hydrogen (secondary N) is 1. The number of benzene rings is 2. The SMILES string of the molecule is Cc1ccc(NC(=O)C2Cc3ccccc3O2)c(C)c1. The van der Waals surface area contributed by atoms with Crippen molar-refractivity contribution >= 4 is 11.6 Å². The molecule has 0 spiro atoms. The minimum absolute atomic E-state index is 0.0897. The number of rotatable bonds is 2. The van der Waals surface area contributed by atoms with Gasteiger partial charge in [0, 0.05) is 12.1 Å². The van der Waals surface area contributed by atoms with Crippen molar-refractivity contribution in [2.75, 3.05) is 5.32 Å². The van der Waals surface area contributed by atoms with Crippen LogP contribution >= 0.6 is 0 Å². The number of hydrogen-bond acceptors (Lipinski definition) is 2. The molecule has 2 aromatic rings. The molecule has 1 atom stereocenters. The van der Waals surface area contributed by atoms with Crippen molar-refractivity contribution in [1.29, 1.82) is 0 Å². The lowest BCUT2D eigenvalue weighted by Crippen LogP contribution is -2.31. The molecule has 0 saturated heterocycles. The van der Waals surface area contributed by atoms with Crippen LogP contribution in [0.5, 0.6) is 5.75 Å². The molecular weight excluding hydrogens is 250 g/mol. The zero-order valence-electron chi connectivity index (χ0n) is 11.6. The maximum Gasteiger partial charge on any atom is 0.265 e. The molecular formula is C17H17NO2. The van der Waals surface area contributed by atoms with E-state index in [9.17, 15) is 4.79 Å². The fourth-order valence-corrected chi connectivity index (χ4v) is 2.50. The molecule has 1 amide bonds. The van der Waals surface area contributed by atoms with Gasteiger partial charge in [-0.05, 0) is 37.1 Å². The molecule has 0 radical (unpaired) electrons. The van der Waals surface area contributed by atoms with Gasteiger partial charge in [-0.1, -0.05) is 35.9 Å². The van der Waals surface area contributed by atoms with Crippen LogP contribution in [-0.4, -0.2) is 12.0 Å². The number of carbonyl (C=O) groups excluding carboxylic acids is 1. The number of ether oxygens (including phenoxy) is 1. The summed E-state index contributed by atoms with van der Waals surface area (Å²) in [6.45, 7) is 4.03. The summed E-state index contributed by atoms with van der Waals surface area (Å²) in [6, 6.07) is 13.8. The fraction of sp³-hybridized carbons (Fsp3) is 0.235. The van der Waals surface area contributed by atoms with Crippen LogP contribution in [0.1, 0.15) is 16.7 Å². The molecule has 2 aromatic carbocycles. The van der Waals surface area contributed by atoms with Crippen molar-refractivity contribution in [2.45, 2.75) is 26.4 Å². The number of fused-ring (bicyclic) bond motifs is 1. The Balaban J connectivity index is 1.72. The highest BCUT2D eigenvalue weighted by molar-refractivity contribution is 5.95. The highest BCUT2D eigenvalue weighted by Gasteiger charge is 2.28. The topological polar surface area (TPSA) is 38.3 Å². The molecule has 3 rings (SSSR count). The highest BCUT2D eigenvalue weighted by atomic mass is 16.5. The maximum absolute atomic E-state index is 12.3. The molecule has 1 heterocycles. The second-order valence-electron chi connectivity index (χ2n) is 5.23. The average molecular weight is 267 g/mol. The quantitative estimate of drug-likeness (QED) is 0.907. The summed E-state index contributed by atoms with van der Waals surface area (Å²) in [4.78, 5) is 12.3. The van der Waals surface area contributed by atoms with E-state index in [0.29, 0.717) is 6.42 Å². The molecule has 3 nitrogen and oxygen atoms in total. The van der Waals surface area contributed by atoms with Crippen LogP contribution in [0.2, 0.25) is 0 Å². The highest BCUT2D eigenvalue weighted by Crippen LogP contribution is 2.29. The first-order valence-corrected chi connectivity index (χ1v) is 6.76. The first kappa shape index (κ1) is 12.7. The third kappa shape index (κ3) is 2.39. The number of para-hydroxylation sites is 1. The minimum atomic E-state index is -0.437. The van der Waals surface area contributed by atoms with E-state index in [0.717, 1.165) is 22.6 Å². The first-order valence-electron chi connectivity index (χ1n) is 6.76. The number of carbonyl (C=O) groups is 1. The maximum atomic E-state index is 12.3. The Labute approximate surface area is 118 Å². The lowest BCUT2D eigenvalue weighted by atomic mass is 10.1. The van der Waals surface area contributed by atoms with Crippen LogP contribution in [-0.2, 0) is 11.2 Å². The van der Waals surface area contributed by atoms with Crippen LogP contribution in [0.25, 0.3) is 0 Å². The molecule has 0 saturated carbocycles. The van der Waals surface area contributed by atoms with Gasteiger partial charge in [0.05, 0.1) is 0 Å². The Hall–Kier alpha value is -2.29. The van der Waals surface area contributed by atoms with Gasteiger partial charge in [0.25, 0.3) is 5.91 Å². The molecule has 1 aliphatic heterocycles. The van der Waals surface area contributed by atoms with E-state index in [-0.39, 0.29) is 5.91 Å². The third-order valence-corrected chi connectivity index (χ3v) is 3.58. The monoisotopic (exact) mass is 267 g/mol. The molecule has 0 aliphatic carbocycles. The Kier molecular flexibility index (Phi) is 3.18. The van der Waals surface area contributed by atoms with Crippen molar-refractivity contribution in [3.05, 3.63) is 59.2 Å². The van der Waals surface area contributed by atoms with E-state index in [2.05, 4.69) is 11.4 Å². The van der Waals surface area contributed by atoms with Crippen molar-refractivity contribution in [2.24, 2.45) is 0 Å². The second-order valence-corrected chi connectivity index (χ2v) is 5.23. The first-order chi connectivity index (χ1) is 9.63. The summed E-state index contributed by atoms with van der Waals surface area (Å²) in [7, 11) is 0. The molecule has 3 heteroatoms. The largest absolute Gasteiger partial charge is 0.480 e. The van der Waals surface area contributed by atoms with Crippen LogP contribution < -0.4 is 10.1 Å². The Morgan fingerprint density at radius 1 is 1.20 bits per heavy atom. The van der Waals surface area contributed by atoms with Crippen molar-refractivity contribution in [3.8, 4) is 5.75 Å². The van der Waals surface area contributed by atoms with E-state index in [1.54, 1.807) is 0 Å². The van der Waals surface area contributed by atoms with E-state index in [1.807, 2.05) is 50.2 Å². The molecule has 0 fully saturated rings. The number of anilines is 1. The van der Waals surface area contributed by atoms with Gasteiger partial charge in [-0.15, -0.1) is 0 Å². The lowest BCUT2D eigenvalue weighted by Gasteiger charge is -2.13. The molecule has 1 N–H and O–H groups in total. The molecule has 1 unspecified atom stereocenters. The molecule has 0 aromatic heterocycles. The van der Waals surface area contributed by atoms with Gasteiger partial charge in [0.1, 0.15) is 5.75 Å². The fourth-order valence-electron chi connectivity index (χ4n) is 2.50. The number of aryl methyl sites for hydroxylation is 2. The zero-order chi connectivity index (χ0) is 14.1. The summed E-state index contributed by atoms with van der Waals surface area (Å²) in [6.07, 6.45) is 0.195. The van der Waals surface area contributed by atoms with Crippen molar-refractivity contribution in [3.63, 3.8) is 0 Å².